The van der Waals surface area contributed by atoms with Gasteiger partial charge >= 0.3 is 0 Å². The number of amides is 1. The van der Waals surface area contributed by atoms with Crippen LogP contribution in [0.15, 0.2) is 42.5 Å². The van der Waals surface area contributed by atoms with Gasteiger partial charge in [-0.15, -0.1) is 0 Å². The number of ether oxygens (including phenoxy) is 1. The Morgan fingerprint density at radius 2 is 1.90 bits per heavy atom. The Labute approximate surface area is 171 Å². The molecule has 2 aromatic carbocycles. The van der Waals surface area contributed by atoms with E-state index in [9.17, 15) is 14.4 Å². The summed E-state index contributed by atoms with van der Waals surface area (Å²) in [5.41, 5.74) is 0.960. The zero-order valence-corrected chi connectivity index (χ0v) is 17.0. The van der Waals surface area contributed by atoms with Gasteiger partial charge < -0.3 is 10.1 Å². The summed E-state index contributed by atoms with van der Waals surface area (Å²) in [5.74, 6) is 0.152. The Morgan fingerprint density at radius 3 is 2.52 bits per heavy atom. The summed E-state index contributed by atoms with van der Waals surface area (Å²) >= 11 is 0. The Kier molecular flexibility index (Phi) is 6.53. The molecule has 152 valence electrons. The number of nitrogens with one attached hydrogen (secondary N) is 1. The molecule has 1 aliphatic carbocycles. The van der Waals surface area contributed by atoms with E-state index in [4.69, 9.17) is 4.74 Å². The Morgan fingerprint density at radius 1 is 1.21 bits per heavy atom. The molecule has 1 atom stereocenters. The fraction of sp³-hybridized carbons (Fsp3) is 0.417. The van der Waals surface area contributed by atoms with Gasteiger partial charge in [-0.25, -0.2) is 4.39 Å². The van der Waals surface area contributed by atoms with Crippen molar-refractivity contribution in [1.29, 1.82) is 5.26 Å². The average Bonchev–Trinajstić information content (AvgIpc) is 2.75. The third kappa shape index (κ3) is 4.59. The summed E-state index contributed by atoms with van der Waals surface area (Å²) in [4.78, 5) is 13.4. The maximum absolute atomic E-state index is 13.4. The van der Waals surface area contributed by atoms with E-state index < -0.39 is 5.41 Å². The predicted octanol–water partition coefficient (Wildman–Crippen LogP) is 5.72. The van der Waals surface area contributed by atoms with Crippen LogP contribution in [0.2, 0.25) is 0 Å². The van der Waals surface area contributed by atoms with Crippen LogP contribution < -0.4 is 10.1 Å². The second-order valence-corrected chi connectivity index (χ2v) is 7.76. The molecule has 0 spiro atoms. The number of nitriles is 1. The summed E-state index contributed by atoms with van der Waals surface area (Å²) in [6.07, 6.45) is 5.30. The van der Waals surface area contributed by atoms with Crippen LogP contribution in [-0.2, 0) is 10.2 Å². The smallest absolute Gasteiger partial charge is 0.235 e. The maximum atomic E-state index is 13.4. The van der Waals surface area contributed by atoms with Crippen LogP contribution in [0.25, 0.3) is 0 Å². The number of nitrogens with zero attached hydrogens (tertiary/aromatic N) is 1. The van der Waals surface area contributed by atoms with Gasteiger partial charge in [0.05, 0.1) is 22.8 Å². The number of carbonyl (C=O) groups is 1. The normalized spacial score (nSPS) is 16.5. The molecule has 5 heteroatoms. The molecule has 0 aliphatic heterocycles. The maximum Gasteiger partial charge on any atom is 0.235 e. The molecule has 1 fully saturated rings. The fourth-order valence-corrected chi connectivity index (χ4v) is 3.93. The van der Waals surface area contributed by atoms with Crippen molar-refractivity contribution >= 4 is 11.6 Å². The Hall–Kier alpha value is -2.87. The van der Waals surface area contributed by atoms with Gasteiger partial charge in [0.2, 0.25) is 5.91 Å². The van der Waals surface area contributed by atoms with Crippen LogP contribution in [0.3, 0.4) is 0 Å². The second kappa shape index (κ2) is 9.09. The summed E-state index contributed by atoms with van der Waals surface area (Å²) in [6.45, 7) is 4.00. The number of benzene rings is 2. The van der Waals surface area contributed by atoms with E-state index in [1.165, 1.54) is 12.1 Å². The number of halogens is 1. The van der Waals surface area contributed by atoms with E-state index in [0.717, 1.165) is 31.2 Å². The van der Waals surface area contributed by atoms with Crippen LogP contribution in [0, 0.1) is 17.1 Å². The highest BCUT2D eigenvalue weighted by Gasteiger charge is 2.41. The third-order valence-corrected chi connectivity index (χ3v) is 5.81. The monoisotopic (exact) mass is 394 g/mol. The van der Waals surface area contributed by atoms with E-state index in [0.29, 0.717) is 29.8 Å². The standard InChI is InChI=1S/C24H27FN2O2/c1-3-17(2)29-21-11-12-22(18(15-21)16-26)27-23(28)24(13-5-4-6-14-24)19-7-9-20(25)10-8-19/h7-12,15,17H,3-6,13-14H2,1-2H3,(H,27,28)/t17-/m1/s1. The highest BCUT2D eigenvalue weighted by molar-refractivity contribution is 6.00. The third-order valence-electron chi connectivity index (χ3n) is 5.81. The van der Waals surface area contributed by atoms with Crippen LogP contribution in [0.4, 0.5) is 10.1 Å². The molecular weight excluding hydrogens is 367 g/mol. The average molecular weight is 394 g/mol. The molecule has 0 heterocycles. The van der Waals surface area contributed by atoms with Crippen molar-refractivity contribution in [3.63, 3.8) is 0 Å². The van der Waals surface area contributed by atoms with Gasteiger partial charge in [0.25, 0.3) is 0 Å². The van der Waals surface area contributed by atoms with Crippen LogP contribution in [0.5, 0.6) is 5.75 Å². The first-order chi connectivity index (χ1) is 14.0. The summed E-state index contributed by atoms with van der Waals surface area (Å²) in [6, 6.07) is 13.5. The van der Waals surface area contributed by atoms with Gasteiger partial charge in [-0.1, -0.05) is 38.3 Å². The molecule has 0 bridgehead atoms. The van der Waals surface area contributed by atoms with Crippen LogP contribution in [0.1, 0.15) is 63.5 Å². The molecule has 0 unspecified atom stereocenters. The van der Waals surface area contributed by atoms with Crippen molar-refractivity contribution in [2.75, 3.05) is 5.32 Å². The predicted molar refractivity (Wildman–Crippen MR) is 111 cm³/mol. The lowest BCUT2D eigenvalue weighted by Gasteiger charge is -2.36. The molecule has 29 heavy (non-hydrogen) atoms. The highest BCUT2D eigenvalue weighted by atomic mass is 19.1. The quantitative estimate of drug-likeness (QED) is 0.682. The van der Waals surface area contributed by atoms with Crippen molar-refractivity contribution in [1.82, 2.24) is 0 Å². The first kappa shape index (κ1) is 20.9. The summed E-state index contributed by atoms with van der Waals surface area (Å²) in [7, 11) is 0. The minimum atomic E-state index is -0.704. The van der Waals surface area contributed by atoms with E-state index in [1.807, 2.05) is 13.8 Å². The largest absolute Gasteiger partial charge is 0.491 e. The molecule has 1 saturated carbocycles. The molecule has 1 amide bonds. The first-order valence-electron chi connectivity index (χ1n) is 10.3. The van der Waals surface area contributed by atoms with Crippen molar-refractivity contribution in [3.05, 3.63) is 59.4 Å². The second-order valence-electron chi connectivity index (χ2n) is 7.76. The van der Waals surface area contributed by atoms with Gasteiger partial charge in [-0.05, 0) is 56.0 Å². The number of rotatable bonds is 6. The minimum Gasteiger partial charge on any atom is -0.491 e. The number of anilines is 1. The lowest BCUT2D eigenvalue weighted by Crippen LogP contribution is -2.42. The molecule has 1 aliphatic rings. The van der Waals surface area contributed by atoms with Crippen molar-refractivity contribution in [2.24, 2.45) is 0 Å². The molecular formula is C24H27FN2O2. The molecule has 4 nitrogen and oxygen atoms in total. The highest BCUT2D eigenvalue weighted by Crippen LogP contribution is 2.41. The van der Waals surface area contributed by atoms with Gasteiger partial charge in [-0.2, -0.15) is 5.26 Å². The van der Waals surface area contributed by atoms with E-state index in [1.54, 1.807) is 30.3 Å². The lowest BCUT2D eigenvalue weighted by atomic mass is 9.68. The van der Waals surface area contributed by atoms with Crippen molar-refractivity contribution < 1.29 is 13.9 Å². The van der Waals surface area contributed by atoms with E-state index >= 15 is 0 Å². The lowest BCUT2D eigenvalue weighted by molar-refractivity contribution is -0.122. The first-order valence-corrected chi connectivity index (χ1v) is 10.3. The molecule has 2 aromatic rings. The molecule has 0 saturated heterocycles. The zero-order chi connectivity index (χ0) is 20.9. The molecule has 0 aromatic heterocycles. The minimum absolute atomic E-state index is 0.0472. The topological polar surface area (TPSA) is 62.1 Å². The summed E-state index contributed by atoms with van der Waals surface area (Å²) in [5, 5.41) is 12.5. The Bertz CT molecular complexity index is 896. The SMILES string of the molecule is CC[C@@H](C)Oc1ccc(NC(=O)C2(c3ccc(F)cc3)CCCCC2)c(C#N)c1. The molecule has 1 N–H and O–H groups in total. The fourth-order valence-electron chi connectivity index (χ4n) is 3.93. The van der Waals surface area contributed by atoms with Gasteiger partial charge in [0.15, 0.2) is 0 Å². The number of hydrogen-bond acceptors (Lipinski definition) is 3. The van der Waals surface area contributed by atoms with Gasteiger partial charge in [-0.3, -0.25) is 4.79 Å². The van der Waals surface area contributed by atoms with Crippen molar-refractivity contribution in [3.8, 4) is 11.8 Å². The van der Waals surface area contributed by atoms with E-state index in [2.05, 4.69) is 11.4 Å². The molecule has 3 rings (SSSR count). The van der Waals surface area contributed by atoms with Crippen molar-refractivity contribution in [2.45, 2.75) is 63.9 Å². The Balaban J connectivity index is 1.88. The van der Waals surface area contributed by atoms with Gasteiger partial charge in [0.1, 0.15) is 17.6 Å². The van der Waals surface area contributed by atoms with Crippen LogP contribution in [-0.4, -0.2) is 12.0 Å². The van der Waals surface area contributed by atoms with Gasteiger partial charge in [0, 0.05) is 6.07 Å². The number of hydrogen-bond donors (Lipinski definition) is 1. The molecule has 0 radical (unpaired) electrons. The van der Waals surface area contributed by atoms with E-state index in [-0.39, 0.29) is 17.8 Å². The summed E-state index contributed by atoms with van der Waals surface area (Å²) < 4.78 is 19.2. The zero-order valence-electron chi connectivity index (χ0n) is 17.0. The van der Waals surface area contributed by atoms with Crippen LogP contribution >= 0.6 is 0 Å². The number of carbonyl (C=O) groups excluding carboxylic acids is 1.